The third-order valence-electron chi connectivity index (χ3n) is 5.82. The Bertz CT molecular complexity index is 1460. The summed E-state index contributed by atoms with van der Waals surface area (Å²) in [5, 5.41) is 11.5. The predicted octanol–water partition coefficient (Wildman–Crippen LogP) is 5.59. The molecule has 4 aromatic rings. The van der Waals surface area contributed by atoms with Crippen molar-refractivity contribution in [3.8, 4) is 17.6 Å². The molecule has 0 saturated heterocycles. The lowest BCUT2D eigenvalue weighted by Crippen LogP contribution is -2.21. The lowest BCUT2D eigenvalue weighted by Gasteiger charge is -2.26. The van der Waals surface area contributed by atoms with E-state index in [9.17, 15) is 10.1 Å². The van der Waals surface area contributed by atoms with Gasteiger partial charge in [0.25, 0.3) is 0 Å². The van der Waals surface area contributed by atoms with Gasteiger partial charge in [0.1, 0.15) is 23.1 Å². The fraction of sp³-hybridized carbons (Fsp3) is 0.0714. The van der Waals surface area contributed by atoms with E-state index in [-0.39, 0.29) is 11.8 Å². The van der Waals surface area contributed by atoms with Crippen molar-refractivity contribution < 1.29 is 14.3 Å². The van der Waals surface area contributed by atoms with E-state index >= 15 is 0 Å². The molecule has 0 aliphatic carbocycles. The maximum absolute atomic E-state index is 12.9. The van der Waals surface area contributed by atoms with Gasteiger partial charge in [0.2, 0.25) is 5.88 Å². The van der Waals surface area contributed by atoms with E-state index < -0.39 is 5.97 Å². The van der Waals surface area contributed by atoms with Gasteiger partial charge < -0.3 is 15.2 Å². The van der Waals surface area contributed by atoms with Crippen LogP contribution in [0.15, 0.2) is 96.4 Å². The van der Waals surface area contributed by atoms with E-state index in [4.69, 9.17) is 15.2 Å². The highest BCUT2D eigenvalue weighted by Gasteiger charge is 2.31. The molecule has 0 spiro atoms. The summed E-state index contributed by atoms with van der Waals surface area (Å²) in [6.07, 6.45) is 0. The van der Waals surface area contributed by atoms with Crippen LogP contribution in [0.1, 0.15) is 33.0 Å². The Labute approximate surface area is 191 Å². The predicted molar refractivity (Wildman–Crippen MR) is 126 cm³/mol. The van der Waals surface area contributed by atoms with Gasteiger partial charge in [0.15, 0.2) is 0 Å². The van der Waals surface area contributed by atoms with Crippen LogP contribution in [0.25, 0.3) is 10.8 Å². The number of carbonyl (C=O) groups is 1. The third kappa shape index (κ3) is 3.68. The summed E-state index contributed by atoms with van der Waals surface area (Å²) < 4.78 is 11.4. The first kappa shape index (κ1) is 20.3. The molecule has 1 unspecified atom stereocenters. The zero-order chi connectivity index (χ0) is 22.9. The second-order valence-electron chi connectivity index (χ2n) is 7.95. The number of esters is 1. The Morgan fingerprint density at radius 2 is 1.76 bits per heavy atom. The first-order valence-corrected chi connectivity index (χ1v) is 10.5. The number of benzene rings is 4. The van der Waals surface area contributed by atoms with Crippen molar-refractivity contribution in [2.75, 3.05) is 0 Å². The minimum absolute atomic E-state index is 0.0492. The van der Waals surface area contributed by atoms with Gasteiger partial charge in [-0.3, -0.25) is 0 Å². The topological polar surface area (TPSA) is 85.3 Å². The maximum Gasteiger partial charge on any atom is 0.344 e. The Morgan fingerprint density at radius 3 is 2.55 bits per heavy atom. The van der Waals surface area contributed by atoms with Gasteiger partial charge in [0, 0.05) is 11.6 Å². The zero-order valence-corrected chi connectivity index (χ0v) is 17.9. The number of fused-ring (bicyclic) bond motifs is 2. The minimum Gasteiger partial charge on any atom is -0.440 e. The molecule has 1 aliphatic rings. The van der Waals surface area contributed by atoms with Crippen molar-refractivity contribution in [2.45, 2.75) is 12.8 Å². The third-order valence-corrected chi connectivity index (χ3v) is 5.82. The lowest BCUT2D eigenvalue weighted by molar-refractivity contribution is 0.0736. The van der Waals surface area contributed by atoms with Crippen molar-refractivity contribution in [1.82, 2.24) is 0 Å². The second-order valence-corrected chi connectivity index (χ2v) is 7.95. The smallest absolute Gasteiger partial charge is 0.344 e. The Morgan fingerprint density at radius 1 is 1.00 bits per heavy atom. The molecule has 33 heavy (non-hydrogen) atoms. The van der Waals surface area contributed by atoms with Gasteiger partial charge in [-0.05, 0) is 35.4 Å². The molecular weight excluding hydrogens is 412 g/mol. The molecule has 2 N–H and O–H groups in total. The highest BCUT2D eigenvalue weighted by Crippen LogP contribution is 2.43. The summed E-state index contributed by atoms with van der Waals surface area (Å²) in [4.78, 5) is 12.9. The standard InChI is InChI=1S/C28H20N2O3/c1-17-9-11-19(12-10-17)26-23-14-13-20(15-25(23)33-27(30)24(26)16-29)32-28(31)22-8-4-6-18-5-2-3-7-21(18)22/h2-15,26H,30H2,1H3. The monoisotopic (exact) mass is 432 g/mol. The summed E-state index contributed by atoms with van der Waals surface area (Å²) in [7, 11) is 0. The highest BCUT2D eigenvalue weighted by molar-refractivity contribution is 6.05. The van der Waals surface area contributed by atoms with Crippen LogP contribution in [0, 0.1) is 18.3 Å². The second kappa shape index (κ2) is 8.18. The molecule has 0 aromatic heterocycles. The van der Waals surface area contributed by atoms with Crippen LogP contribution in [0.3, 0.4) is 0 Å². The number of carbonyl (C=O) groups excluding carboxylic acids is 1. The molecular formula is C28H20N2O3. The Kier molecular flexibility index (Phi) is 5.04. The van der Waals surface area contributed by atoms with Crippen LogP contribution in [0.5, 0.6) is 11.5 Å². The number of nitrogens with two attached hydrogens (primary N) is 1. The van der Waals surface area contributed by atoms with Crippen LogP contribution in [-0.4, -0.2) is 5.97 Å². The van der Waals surface area contributed by atoms with Crippen molar-refractivity contribution >= 4 is 16.7 Å². The molecule has 0 fully saturated rings. The van der Waals surface area contributed by atoms with Gasteiger partial charge in [0.05, 0.1) is 11.5 Å². The van der Waals surface area contributed by atoms with E-state index in [0.717, 1.165) is 27.5 Å². The fourth-order valence-electron chi connectivity index (χ4n) is 4.17. The summed E-state index contributed by atoms with van der Waals surface area (Å²) in [6, 6.07) is 28.5. The van der Waals surface area contributed by atoms with Crippen molar-refractivity contribution in [2.24, 2.45) is 5.73 Å². The number of hydrogen-bond donors (Lipinski definition) is 1. The van der Waals surface area contributed by atoms with Crippen molar-refractivity contribution in [1.29, 1.82) is 5.26 Å². The van der Waals surface area contributed by atoms with E-state index in [1.54, 1.807) is 18.2 Å². The molecule has 0 saturated carbocycles. The molecule has 0 amide bonds. The van der Waals surface area contributed by atoms with Crippen LogP contribution in [-0.2, 0) is 0 Å². The molecule has 4 aromatic carbocycles. The van der Waals surface area contributed by atoms with E-state index in [1.165, 1.54) is 0 Å². The van der Waals surface area contributed by atoms with Gasteiger partial charge in [-0.2, -0.15) is 5.26 Å². The summed E-state index contributed by atoms with van der Waals surface area (Å²) in [5.74, 6) is 0.0250. The first-order valence-electron chi connectivity index (χ1n) is 10.5. The number of nitriles is 1. The van der Waals surface area contributed by atoms with Crippen molar-refractivity contribution in [3.63, 3.8) is 0 Å². The molecule has 160 valence electrons. The zero-order valence-electron chi connectivity index (χ0n) is 17.9. The molecule has 1 aliphatic heterocycles. The van der Waals surface area contributed by atoms with Gasteiger partial charge in [-0.15, -0.1) is 0 Å². The van der Waals surface area contributed by atoms with E-state index in [1.807, 2.05) is 73.7 Å². The number of rotatable bonds is 3. The molecule has 1 heterocycles. The fourth-order valence-corrected chi connectivity index (χ4v) is 4.17. The number of nitrogens with zero attached hydrogens (tertiary/aromatic N) is 1. The van der Waals surface area contributed by atoms with Crippen LogP contribution in [0.4, 0.5) is 0 Å². The average molecular weight is 432 g/mol. The minimum atomic E-state index is -0.459. The average Bonchev–Trinajstić information content (AvgIpc) is 2.83. The maximum atomic E-state index is 12.9. The number of ether oxygens (including phenoxy) is 2. The molecule has 0 bridgehead atoms. The molecule has 5 nitrogen and oxygen atoms in total. The summed E-state index contributed by atoms with van der Waals surface area (Å²) in [6.45, 7) is 2.01. The quantitative estimate of drug-likeness (QED) is 0.337. The number of allylic oxidation sites excluding steroid dienone is 1. The molecule has 1 atom stereocenters. The first-order chi connectivity index (χ1) is 16.0. The Balaban J connectivity index is 1.50. The van der Waals surface area contributed by atoms with Gasteiger partial charge in [-0.25, -0.2) is 4.79 Å². The van der Waals surface area contributed by atoms with Crippen LogP contribution >= 0.6 is 0 Å². The van der Waals surface area contributed by atoms with Crippen molar-refractivity contribution in [3.05, 3.63) is 119 Å². The molecule has 5 rings (SSSR count). The molecule has 0 radical (unpaired) electrons. The normalized spacial score (nSPS) is 14.8. The van der Waals surface area contributed by atoms with E-state index in [2.05, 4.69) is 6.07 Å². The number of hydrogen-bond acceptors (Lipinski definition) is 5. The van der Waals surface area contributed by atoms with Crippen LogP contribution < -0.4 is 15.2 Å². The largest absolute Gasteiger partial charge is 0.440 e. The van der Waals surface area contributed by atoms with Gasteiger partial charge in [-0.1, -0.05) is 72.3 Å². The number of aryl methyl sites for hydroxylation is 1. The summed E-state index contributed by atoms with van der Waals surface area (Å²) >= 11 is 0. The summed E-state index contributed by atoms with van der Waals surface area (Å²) in [5.41, 5.74) is 9.77. The SMILES string of the molecule is Cc1ccc(C2C(C#N)=C(N)Oc3cc(OC(=O)c4cccc5ccccc45)ccc32)cc1. The Hall–Kier alpha value is -4.56. The highest BCUT2D eigenvalue weighted by atomic mass is 16.5. The molecule has 5 heteroatoms. The van der Waals surface area contributed by atoms with Gasteiger partial charge >= 0.3 is 5.97 Å². The lowest BCUT2D eigenvalue weighted by atomic mass is 9.83. The van der Waals surface area contributed by atoms with Crippen LogP contribution in [0.2, 0.25) is 0 Å². The van der Waals surface area contributed by atoms with E-state index in [0.29, 0.717) is 22.6 Å².